The first-order valence-electron chi connectivity index (χ1n) is 22.2. The molecule has 0 N–H and O–H groups in total. The van der Waals surface area contributed by atoms with Gasteiger partial charge in [0.25, 0.3) is 0 Å². The minimum absolute atomic E-state index is 0.210. The highest BCUT2D eigenvalue weighted by Gasteiger charge is 2.32. The van der Waals surface area contributed by atoms with Gasteiger partial charge in [0.1, 0.15) is 11.6 Å². The molecule has 0 aliphatic rings. The smallest absolute Gasteiger partial charge is 0.247 e. The summed E-state index contributed by atoms with van der Waals surface area (Å²) in [4.78, 5) is 4.04. The summed E-state index contributed by atoms with van der Waals surface area (Å²) in [5.41, 5.74) is 12.8. The molecule has 0 atom stereocenters. The van der Waals surface area contributed by atoms with Crippen molar-refractivity contribution in [3.8, 4) is 73.1 Å². The molecule has 0 amide bonds. The Morgan fingerprint density at radius 3 is 0.970 bits per heavy atom. The Balaban J connectivity index is 1.30. The van der Waals surface area contributed by atoms with Gasteiger partial charge in [-0.15, -0.1) is 0 Å². The zero-order chi connectivity index (χ0) is 45.0. The van der Waals surface area contributed by atoms with E-state index in [4.69, 9.17) is 6.57 Å². The van der Waals surface area contributed by atoms with Gasteiger partial charge in [0.15, 0.2) is 5.82 Å². The second-order valence-corrected chi connectivity index (χ2v) is 16.8. The number of benzene rings is 10. The molecule has 0 radical (unpaired) electrons. The normalized spacial score (nSPS) is 11.3. The second kappa shape index (κ2) is 16.1. The predicted octanol–water partition coefficient (Wildman–Crippen LogP) is 16.8. The molecule has 0 bridgehead atoms. The van der Waals surface area contributed by atoms with Gasteiger partial charge in [-0.05, 0) is 74.3 Å². The summed E-state index contributed by atoms with van der Waals surface area (Å²) in [6.07, 6.45) is 0. The van der Waals surface area contributed by atoms with Crippen molar-refractivity contribution in [1.29, 1.82) is 5.26 Å². The standard InChI is InChI=1S/C62H37FN4/c1-65-60-59(63)53(39-64)61(66-54-35-45(40-17-7-2-8-18-40)27-31-49(54)50-32-28-46(36-55(50)66)41-19-9-3-10-20-41)58(44-25-15-6-16-26-44)62(60)67-56-37-47(42-21-11-4-12-22-42)29-33-51(56)52-34-30-48(38-57(52)67)43-23-13-5-14-24-43/h2-38H. The van der Waals surface area contributed by atoms with Crippen LogP contribution >= 0.6 is 0 Å². The zero-order valence-corrected chi connectivity index (χ0v) is 36.0. The van der Waals surface area contributed by atoms with E-state index in [9.17, 15) is 5.26 Å². The number of hydrogen-bond donors (Lipinski definition) is 0. The average Bonchev–Trinajstić information content (AvgIpc) is 3.90. The summed E-state index contributed by atoms with van der Waals surface area (Å²) in [7, 11) is 0. The van der Waals surface area contributed by atoms with Crippen LogP contribution in [0.4, 0.5) is 10.1 Å². The SMILES string of the molecule is [C-]#[N+]c1c(F)c(C#N)c(-n2c3cc(-c4ccccc4)ccc3c3ccc(-c4ccccc4)cc32)c(-c2ccccc2)c1-n1c2cc(-c3ccccc3)ccc2c2ccc(-c3ccccc3)cc21. The number of hydrogen-bond acceptors (Lipinski definition) is 1. The summed E-state index contributed by atoms with van der Waals surface area (Å²) in [6, 6.07) is 78.5. The van der Waals surface area contributed by atoms with Crippen molar-refractivity contribution in [1.82, 2.24) is 9.13 Å². The fraction of sp³-hybridized carbons (Fsp3) is 0. The molecule has 12 aromatic rings. The molecular weight excluding hydrogens is 820 g/mol. The molecule has 67 heavy (non-hydrogen) atoms. The largest absolute Gasteiger partial charge is 0.318 e. The number of aromatic nitrogens is 2. The third-order valence-electron chi connectivity index (χ3n) is 13.1. The summed E-state index contributed by atoms with van der Waals surface area (Å²) >= 11 is 0. The van der Waals surface area contributed by atoms with E-state index < -0.39 is 5.82 Å². The van der Waals surface area contributed by atoms with Crippen LogP contribution in [-0.2, 0) is 0 Å². The van der Waals surface area contributed by atoms with Crippen molar-refractivity contribution < 1.29 is 4.39 Å². The van der Waals surface area contributed by atoms with E-state index in [1.807, 2.05) is 103 Å². The highest BCUT2D eigenvalue weighted by atomic mass is 19.1. The lowest BCUT2D eigenvalue weighted by Crippen LogP contribution is -2.09. The topological polar surface area (TPSA) is 38.0 Å². The highest BCUT2D eigenvalue weighted by molar-refractivity contribution is 6.15. The van der Waals surface area contributed by atoms with Gasteiger partial charge >= 0.3 is 0 Å². The van der Waals surface area contributed by atoms with E-state index >= 15 is 4.39 Å². The van der Waals surface area contributed by atoms with Crippen LogP contribution in [0.2, 0.25) is 0 Å². The van der Waals surface area contributed by atoms with Gasteiger partial charge in [-0.3, -0.25) is 0 Å². The van der Waals surface area contributed by atoms with Crippen LogP contribution in [0.25, 0.3) is 115 Å². The molecular formula is C62H37FN4. The fourth-order valence-corrected chi connectivity index (χ4v) is 9.97. The molecule has 2 aromatic heterocycles. The van der Waals surface area contributed by atoms with Crippen molar-refractivity contribution in [2.45, 2.75) is 0 Å². The number of halogens is 1. The Hall–Kier alpha value is -9.29. The summed E-state index contributed by atoms with van der Waals surface area (Å²) < 4.78 is 22.3. The Morgan fingerprint density at radius 2 is 0.672 bits per heavy atom. The first kappa shape index (κ1) is 39.3. The fourth-order valence-electron chi connectivity index (χ4n) is 9.97. The number of nitrogens with zero attached hydrogens (tertiary/aromatic N) is 4. The lowest BCUT2D eigenvalue weighted by molar-refractivity contribution is 0.628. The molecule has 0 aliphatic heterocycles. The minimum Gasteiger partial charge on any atom is -0.318 e. The molecule has 10 aromatic carbocycles. The maximum absolute atomic E-state index is 18.2. The van der Waals surface area contributed by atoms with Crippen molar-refractivity contribution in [3.05, 3.63) is 247 Å². The minimum atomic E-state index is -0.871. The van der Waals surface area contributed by atoms with Gasteiger partial charge in [0, 0.05) is 27.1 Å². The third kappa shape index (κ3) is 6.41. The first-order valence-corrected chi connectivity index (χ1v) is 22.2. The van der Waals surface area contributed by atoms with E-state index in [0.717, 1.165) is 93.7 Å². The third-order valence-corrected chi connectivity index (χ3v) is 13.1. The highest BCUT2D eigenvalue weighted by Crippen LogP contribution is 2.50. The van der Waals surface area contributed by atoms with Crippen LogP contribution in [0.3, 0.4) is 0 Å². The van der Waals surface area contributed by atoms with E-state index in [1.54, 1.807) is 0 Å². The van der Waals surface area contributed by atoms with Crippen LogP contribution in [0.5, 0.6) is 0 Å². The van der Waals surface area contributed by atoms with Crippen molar-refractivity contribution in [2.24, 2.45) is 0 Å². The number of rotatable bonds is 7. The van der Waals surface area contributed by atoms with E-state index in [1.165, 1.54) is 0 Å². The van der Waals surface area contributed by atoms with Crippen molar-refractivity contribution in [2.75, 3.05) is 0 Å². The van der Waals surface area contributed by atoms with Gasteiger partial charge in [-0.2, -0.15) is 5.26 Å². The second-order valence-electron chi connectivity index (χ2n) is 16.8. The molecule has 0 unspecified atom stereocenters. The number of fused-ring (bicyclic) bond motifs is 6. The van der Waals surface area contributed by atoms with Gasteiger partial charge in [-0.1, -0.05) is 200 Å². The van der Waals surface area contributed by atoms with Crippen molar-refractivity contribution in [3.63, 3.8) is 0 Å². The molecule has 4 nitrogen and oxygen atoms in total. The van der Waals surface area contributed by atoms with E-state index in [2.05, 4.69) is 141 Å². The first-order chi connectivity index (χ1) is 33.1. The van der Waals surface area contributed by atoms with E-state index in [0.29, 0.717) is 16.9 Å². The van der Waals surface area contributed by atoms with E-state index in [-0.39, 0.29) is 11.3 Å². The maximum atomic E-state index is 18.2. The maximum Gasteiger partial charge on any atom is 0.247 e. The van der Waals surface area contributed by atoms with Crippen molar-refractivity contribution >= 4 is 49.3 Å². The monoisotopic (exact) mass is 856 g/mol. The zero-order valence-electron chi connectivity index (χ0n) is 36.0. The molecule has 5 heteroatoms. The Labute approximate surface area is 386 Å². The van der Waals surface area contributed by atoms with Gasteiger partial charge < -0.3 is 9.13 Å². The Kier molecular flexibility index (Phi) is 9.42. The lowest BCUT2D eigenvalue weighted by atomic mass is 9.95. The molecule has 2 heterocycles. The van der Waals surface area contributed by atoms with Crippen LogP contribution in [0, 0.1) is 23.7 Å². The molecule has 0 saturated heterocycles. The molecule has 312 valence electrons. The van der Waals surface area contributed by atoms with Crippen LogP contribution in [0.1, 0.15) is 5.56 Å². The molecule has 0 aliphatic carbocycles. The lowest BCUT2D eigenvalue weighted by Gasteiger charge is -2.24. The molecule has 0 saturated carbocycles. The van der Waals surface area contributed by atoms with Crippen LogP contribution in [-0.4, -0.2) is 9.13 Å². The quantitative estimate of drug-likeness (QED) is 0.147. The molecule has 0 spiro atoms. The molecule has 0 fully saturated rings. The van der Waals surface area contributed by atoms with Crippen LogP contribution < -0.4 is 0 Å². The number of nitriles is 1. The Morgan fingerprint density at radius 1 is 0.373 bits per heavy atom. The Bertz CT molecular complexity index is 3540. The predicted molar refractivity (Wildman–Crippen MR) is 273 cm³/mol. The summed E-state index contributed by atoms with van der Waals surface area (Å²) in [5.74, 6) is -0.871. The van der Waals surface area contributed by atoms with Gasteiger partial charge in [0.2, 0.25) is 5.69 Å². The van der Waals surface area contributed by atoms with Gasteiger partial charge in [0.05, 0.1) is 40.0 Å². The van der Waals surface area contributed by atoms with Crippen LogP contribution in [0.15, 0.2) is 224 Å². The molecule has 12 rings (SSSR count). The summed E-state index contributed by atoms with van der Waals surface area (Å²) in [6.45, 7) is 8.84. The van der Waals surface area contributed by atoms with Gasteiger partial charge in [-0.25, -0.2) is 9.24 Å². The average molecular weight is 857 g/mol. The summed E-state index contributed by atoms with van der Waals surface area (Å²) in [5, 5.41) is 15.2.